The topological polar surface area (TPSA) is 75.6 Å². The summed E-state index contributed by atoms with van der Waals surface area (Å²) in [5.41, 5.74) is 0.429. The van der Waals surface area contributed by atoms with Crippen molar-refractivity contribution >= 4 is 11.9 Å². The fourth-order valence-electron chi connectivity index (χ4n) is 2.51. The maximum Gasteiger partial charge on any atom is 0.326 e. The molecule has 5 nitrogen and oxygen atoms in total. The molecule has 0 saturated carbocycles. The van der Waals surface area contributed by atoms with Crippen LogP contribution in [0.3, 0.4) is 0 Å². The summed E-state index contributed by atoms with van der Waals surface area (Å²) in [7, 11) is 0. The fraction of sp³-hybridized carbons (Fsp3) is 0.600. The summed E-state index contributed by atoms with van der Waals surface area (Å²) in [6.07, 6.45) is 7.28. The molecule has 0 aromatic heterocycles. The molecule has 2 N–H and O–H groups in total. The summed E-state index contributed by atoms with van der Waals surface area (Å²) < 4.78 is 5.68. The third-order valence-electron chi connectivity index (χ3n) is 4.10. The van der Waals surface area contributed by atoms with Gasteiger partial charge in [0, 0.05) is 5.56 Å². The van der Waals surface area contributed by atoms with Crippen LogP contribution in [0.1, 0.15) is 69.7 Å². The standard InChI is InChI=1S/C20H31NO4/c1-4-5-6-7-8-9-14-25-17-12-10-16(11-13-17)19(22)21-18(15(2)3)20(23)24/h10-13,15,18H,4-9,14H2,1-3H3,(H,21,22)(H,23,24)/t18-/m0/s1. The number of hydrogen-bond donors (Lipinski definition) is 2. The van der Waals surface area contributed by atoms with E-state index in [4.69, 9.17) is 9.84 Å². The number of rotatable bonds is 12. The Morgan fingerprint density at radius 3 is 2.20 bits per heavy atom. The third-order valence-corrected chi connectivity index (χ3v) is 4.10. The van der Waals surface area contributed by atoms with Crippen molar-refractivity contribution in [1.82, 2.24) is 5.32 Å². The Kier molecular flexibility index (Phi) is 9.66. The minimum Gasteiger partial charge on any atom is -0.494 e. The molecule has 0 spiro atoms. The Morgan fingerprint density at radius 1 is 1.04 bits per heavy atom. The van der Waals surface area contributed by atoms with Gasteiger partial charge in [-0.05, 0) is 36.6 Å². The summed E-state index contributed by atoms with van der Waals surface area (Å²) in [5.74, 6) is -0.865. The monoisotopic (exact) mass is 349 g/mol. The molecule has 5 heteroatoms. The highest BCUT2D eigenvalue weighted by molar-refractivity contribution is 5.96. The lowest BCUT2D eigenvalue weighted by molar-refractivity contribution is -0.140. The van der Waals surface area contributed by atoms with Gasteiger partial charge in [0.05, 0.1) is 6.61 Å². The summed E-state index contributed by atoms with van der Waals surface area (Å²) in [4.78, 5) is 23.3. The first-order valence-corrected chi connectivity index (χ1v) is 9.22. The SMILES string of the molecule is CCCCCCCCOc1ccc(C(=O)N[C@H](C(=O)O)C(C)C)cc1. The Bertz CT molecular complexity index is 525. The molecule has 1 aromatic carbocycles. The van der Waals surface area contributed by atoms with Crippen LogP contribution in [0.15, 0.2) is 24.3 Å². The van der Waals surface area contributed by atoms with Crippen molar-refractivity contribution in [1.29, 1.82) is 0 Å². The Hall–Kier alpha value is -2.04. The van der Waals surface area contributed by atoms with E-state index in [1.165, 1.54) is 32.1 Å². The summed E-state index contributed by atoms with van der Waals surface area (Å²) in [6.45, 7) is 6.40. The van der Waals surface area contributed by atoms with Crippen LogP contribution in [0.2, 0.25) is 0 Å². The average Bonchev–Trinajstić information content (AvgIpc) is 2.58. The molecular weight excluding hydrogens is 318 g/mol. The normalized spacial score (nSPS) is 12.0. The molecule has 1 aromatic rings. The van der Waals surface area contributed by atoms with E-state index in [2.05, 4.69) is 12.2 Å². The van der Waals surface area contributed by atoms with Crippen molar-refractivity contribution < 1.29 is 19.4 Å². The van der Waals surface area contributed by atoms with Crippen molar-refractivity contribution in [3.05, 3.63) is 29.8 Å². The van der Waals surface area contributed by atoms with E-state index in [1.54, 1.807) is 38.1 Å². The number of benzene rings is 1. The zero-order valence-electron chi connectivity index (χ0n) is 15.6. The molecule has 0 unspecified atom stereocenters. The van der Waals surface area contributed by atoms with E-state index in [0.29, 0.717) is 12.2 Å². The minimum absolute atomic E-state index is 0.179. The number of hydrogen-bond acceptors (Lipinski definition) is 3. The van der Waals surface area contributed by atoms with Crippen molar-refractivity contribution in [3.63, 3.8) is 0 Å². The summed E-state index contributed by atoms with van der Waals surface area (Å²) >= 11 is 0. The van der Waals surface area contributed by atoms with Gasteiger partial charge in [0.1, 0.15) is 11.8 Å². The first kappa shape index (κ1) is 21.0. The Balaban J connectivity index is 2.40. The minimum atomic E-state index is -1.03. The lowest BCUT2D eigenvalue weighted by Gasteiger charge is -2.18. The van der Waals surface area contributed by atoms with Gasteiger partial charge in [-0.15, -0.1) is 0 Å². The van der Waals surface area contributed by atoms with Gasteiger partial charge in [-0.1, -0.05) is 52.9 Å². The van der Waals surface area contributed by atoms with Crippen LogP contribution < -0.4 is 10.1 Å². The Morgan fingerprint density at radius 2 is 1.64 bits per heavy atom. The van der Waals surface area contributed by atoms with E-state index in [-0.39, 0.29) is 11.8 Å². The smallest absolute Gasteiger partial charge is 0.326 e. The van der Waals surface area contributed by atoms with Crippen LogP contribution in [0.4, 0.5) is 0 Å². The quantitative estimate of drug-likeness (QED) is 0.553. The molecule has 0 aliphatic heterocycles. The number of unbranched alkanes of at least 4 members (excludes halogenated alkanes) is 5. The molecule has 0 aliphatic rings. The van der Waals surface area contributed by atoms with E-state index in [0.717, 1.165) is 12.2 Å². The number of carboxylic acid groups (broad SMARTS) is 1. The van der Waals surface area contributed by atoms with Gasteiger partial charge in [0.2, 0.25) is 0 Å². The van der Waals surface area contributed by atoms with Crippen LogP contribution >= 0.6 is 0 Å². The number of amides is 1. The van der Waals surface area contributed by atoms with Gasteiger partial charge >= 0.3 is 5.97 Å². The predicted octanol–water partition coefficient (Wildman–Crippen LogP) is 4.26. The zero-order chi connectivity index (χ0) is 18.7. The van der Waals surface area contributed by atoms with Crippen molar-refractivity contribution in [2.24, 2.45) is 5.92 Å². The first-order valence-electron chi connectivity index (χ1n) is 9.22. The highest BCUT2D eigenvalue weighted by atomic mass is 16.5. The van der Waals surface area contributed by atoms with Gasteiger partial charge < -0.3 is 15.2 Å². The second-order valence-electron chi connectivity index (χ2n) is 6.67. The maximum atomic E-state index is 12.1. The molecule has 1 atom stereocenters. The molecule has 0 bridgehead atoms. The fourth-order valence-corrected chi connectivity index (χ4v) is 2.51. The summed E-state index contributed by atoms with van der Waals surface area (Å²) in [6, 6.07) is 5.92. The van der Waals surface area contributed by atoms with Crippen molar-refractivity contribution in [2.45, 2.75) is 65.3 Å². The molecule has 0 aliphatic carbocycles. The van der Waals surface area contributed by atoms with Crippen molar-refractivity contribution in [2.75, 3.05) is 6.61 Å². The number of carbonyl (C=O) groups is 2. The molecule has 1 amide bonds. The molecule has 140 valence electrons. The van der Waals surface area contributed by atoms with E-state index in [9.17, 15) is 9.59 Å². The van der Waals surface area contributed by atoms with Gasteiger partial charge in [-0.25, -0.2) is 4.79 Å². The lowest BCUT2D eigenvalue weighted by atomic mass is 10.0. The number of ether oxygens (including phenoxy) is 1. The van der Waals surface area contributed by atoms with E-state index in [1.807, 2.05) is 0 Å². The van der Waals surface area contributed by atoms with Gasteiger partial charge in [0.25, 0.3) is 5.91 Å². The molecule has 0 radical (unpaired) electrons. The lowest BCUT2D eigenvalue weighted by Crippen LogP contribution is -2.44. The number of nitrogens with one attached hydrogen (secondary N) is 1. The maximum absolute atomic E-state index is 12.1. The van der Waals surface area contributed by atoms with Crippen LogP contribution in [-0.4, -0.2) is 29.6 Å². The van der Waals surface area contributed by atoms with Gasteiger partial charge in [0.15, 0.2) is 0 Å². The molecule has 0 saturated heterocycles. The summed E-state index contributed by atoms with van der Waals surface area (Å²) in [5, 5.41) is 11.7. The number of aliphatic carboxylic acids is 1. The average molecular weight is 349 g/mol. The van der Waals surface area contributed by atoms with Crippen LogP contribution in [0.5, 0.6) is 5.75 Å². The second-order valence-corrected chi connectivity index (χ2v) is 6.67. The van der Waals surface area contributed by atoms with E-state index < -0.39 is 12.0 Å². The molecule has 25 heavy (non-hydrogen) atoms. The second kappa shape index (κ2) is 11.5. The molecule has 0 fully saturated rings. The highest BCUT2D eigenvalue weighted by Crippen LogP contribution is 2.14. The van der Waals surface area contributed by atoms with E-state index >= 15 is 0 Å². The zero-order valence-corrected chi connectivity index (χ0v) is 15.6. The van der Waals surface area contributed by atoms with Crippen LogP contribution in [0.25, 0.3) is 0 Å². The van der Waals surface area contributed by atoms with Gasteiger partial charge in [-0.2, -0.15) is 0 Å². The van der Waals surface area contributed by atoms with Crippen LogP contribution in [0, 0.1) is 5.92 Å². The van der Waals surface area contributed by atoms with Crippen LogP contribution in [-0.2, 0) is 4.79 Å². The number of carbonyl (C=O) groups excluding carboxylic acids is 1. The predicted molar refractivity (Wildman–Crippen MR) is 99.0 cm³/mol. The van der Waals surface area contributed by atoms with Crippen molar-refractivity contribution in [3.8, 4) is 5.75 Å². The van der Waals surface area contributed by atoms with Gasteiger partial charge in [-0.3, -0.25) is 4.79 Å². The Labute approximate surface area is 150 Å². The number of carboxylic acids is 1. The molecule has 0 heterocycles. The third kappa shape index (κ3) is 8.05. The highest BCUT2D eigenvalue weighted by Gasteiger charge is 2.23. The molecular formula is C20H31NO4. The first-order chi connectivity index (χ1) is 12.0. The largest absolute Gasteiger partial charge is 0.494 e. The molecule has 1 rings (SSSR count).